The Morgan fingerprint density at radius 2 is 2.05 bits per heavy atom. The van der Waals surface area contributed by atoms with E-state index in [9.17, 15) is 0 Å². The van der Waals surface area contributed by atoms with Crippen molar-refractivity contribution in [1.82, 2.24) is 15.1 Å². The molecule has 1 aromatic heterocycles. The Hall–Kier alpha value is -1.85. The summed E-state index contributed by atoms with van der Waals surface area (Å²) in [6.45, 7) is 2.64. The second-order valence-corrected chi connectivity index (χ2v) is 4.81. The van der Waals surface area contributed by atoms with Gasteiger partial charge in [0.15, 0.2) is 0 Å². The normalized spacial score (nSPS) is 10.8. The lowest BCUT2D eigenvalue weighted by molar-refractivity contribution is 0.199. The Morgan fingerprint density at radius 3 is 2.86 bits per heavy atom. The molecule has 0 fully saturated rings. The summed E-state index contributed by atoms with van der Waals surface area (Å²) in [6, 6.07) is 7.88. The molecule has 0 saturated heterocycles. The summed E-state index contributed by atoms with van der Waals surface area (Å²) in [5.74, 6) is 0.827. The van der Waals surface area contributed by atoms with Gasteiger partial charge in [-0.2, -0.15) is 5.10 Å². The molecule has 0 aliphatic rings. The highest BCUT2D eigenvalue weighted by molar-refractivity contribution is 5.46. The molecule has 0 aliphatic carbocycles. The van der Waals surface area contributed by atoms with Crippen LogP contribution in [0.2, 0.25) is 0 Å². The highest BCUT2D eigenvalue weighted by Gasteiger charge is 2.06. The van der Waals surface area contributed by atoms with Gasteiger partial charge in [-0.25, -0.2) is 4.68 Å². The van der Waals surface area contributed by atoms with E-state index in [4.69, 9.17) is 9.47 Å². The van der Waals surface area contributed by atoms with Crippen LogP contribution < -0.4 is 10.1 Å². The maximum absolute atomic E-state index is 5.36. The van der Waals surface area contributed by atoms with Gasteiger partial charge in [0.25, 0.3) is 0 Å². The van der Waals surface area contributed by atoms with Crippen LogP contribution in [0.15, 0.2) is 36.7 Å². The van der Waals surface area contributed by atoms with Crippen LogP contribution in [0, 0.1) is 0 Å². The summed E-state index contributed by atoms with van der Waals surface area (Å²) in [4.78, 5) is 0. The van der Waals surface area contributed by atoms with Gasteiger partial charge in [0.05, 0.1) is 19.9 Å². The molecular formula is C16H23N3O2. The SMILES string of the molecule is COCCNCCCc1cnn(-c2ccccc2OC)c1. The van der Waals surface area contributed by atoms with Crippen molar-refractivity contribution < 1.29 is 9.47 Å². The molecule has 0 radical (unpaired) electrons. The van der Waals surface area contributed by atoms with Gasteiger partial charge in [-0.15, -0.1) is 0 Å². The van der Waals surface area contributed by atoms with Gasteiger partial charge in [0.1, 0.15) is 11.4 Å². The van der Waals surface area contributed by atoms with Crippen LogP contribution in [0.1, 0.15) is 12.0 Å². The molecule has 2 aromatic rings. The maximum atomic E-state index is 5.36. The number of rotatable bonds is 9. The zero-order valence-corrected chi connectivity index (χ0v) is 12.7. The molecule has 0 saturated carbocycles. The van der Waals surface area contributed by atoms with Crippen molar-refractivity contribution in [2.24, 2.45) is 0 Å². The van der Waals surface area contributed by atoms with Gasteiger partial charge >= 0.3 is 0 Å². The molecule has 1 N–H and O–H groups in total. The van der Waals surface area contributed by atoms with Crippen LogP contribution in [-0.2, 0) is 11.2 Å². The van der Waals surface area contributed by atoms with Crippen molar-refractivity contribution in [2.45, 2.75) is 12.8 Å². The largest absolute Gasteiger partial charge is 0.494 e. The second-order valence-electron chi connectivity index (χ2n) is 4.81. The van der Waals surface area contributed by atoms with E-state index >= 15 is 0 Å². The smallest absolute Gasteiger partial charge is 0.144 e. The van der Waals surface area contributed by atoms with Crippen LogP contribution >= 0.6 is 0 Å². The Bertz CT molecular complexity index is 540. The van der Waals surface area contributed by atoms with E-state index in [-0.39, 0.29) is 0 Å². The zero-order valence-electron chi connectivity index (χ0n) is 12.7. The highest BCUT2D eigenvalue weighted by Crippen LogP contribution is 2.21. The first-order chi connectivity index (χ1) is 10.3. The van der Waals surface area contributed by atoms with Gasteiger partial charge in [-0.05, 0) is 37.1 Å². The minimum absolute atomic E-state index is 0.756. The number of methoxy groups -OCH3 is 2. The Morgan fingerprint density at radius 1 is 1.19 bits per heavy atom. The van der Waals surface area contributed by atoms with Crippen LogP contribution in [-0.4, -0.2) is 43.7 Å². The van der Waals surface area contributed by atoms with E-state index in [1.54, 1.807) is 14.2 Å². The van der Waals surface area contributed by atoms with Crippen LogP contribution in [0.3, 0.4) is 0 Å². The molecule has 1 heterocycles. The van der Waals surface area contributed by atoms with Gasteiger partial charge in [0.2, 0.25) is 0 Å². The predicted octanol–water partition coefficient (Wildman–Crippen LogP) is 2.05. The third kappa shape index (κ3) is 4.58. The van der Waals surface area contributed by atoms with Crippen LogP contribution in [0.5, 0.6) is 5.75 Å². The third-order valence-electron chi connectivity index (χ3n) is 3.27. The fourth-order valence-corrected chi connectivity index (χ4v) is 2.16. The first-order valence-corrected chi connectivity index (χ1v) is 7.21. The molecule has 0 amide bonds. The van der Waals surface area contributed by atoms with Crippen molar-refractivity contribution in [2.75, 3.05) is 33.9 Å². The number of aryl methyl sites for hydroxylation is 1. The highest BCUT2D eigenvalue weighted by atomic mass is 16.5. The number of para-hydroxylation sites is 2. The summed E-state index contributed by atoms with van der Waals surface area (Å²) >= 11 is 0. The molecule has 114 valence electrons. The average Bonchev–Trinajstić information content (AvgIpc) is 2.99. The molecule has 0 bridgehead atoms. The number of hydrogen-bond donors (Lipinski definition) is 1. The van der Waals surface area contributed by atoms with Gasteiger partial charge in [-0.1, -0.05) is 12.1 Å². The lowest BCUT2D eigenvalue weighted by Gasteiger charge is -2.07. The topological polar surface area (TPSA) is 48.3 Å². The van der Waals surface area contributed by atoms with E-state index in [2.05, 4.69) is 16.6 Å². The van der Waals surface area contributed by atoms with E-state index in [1.807, 2.05) is 35.1 Å². The molecule has 2 rings (SSSR count). The third-order valence-corrected chi connectivity index (χ3v) is 3.27. The molecule has 0 atom stereocenters. The number of nitrogens with zero attached hydrogens (tertiary/aromatic N) is 2. The molecule has 0 unspecified atom stereocenters. The molecule has 21 heavy (non-hydrogen) atoms. The number of aromatic nitrogens is 2. The van der Waals surface area contributed by atoms with E-state index < -0.39 is 0 Å². The minimum Gasteiger partial charge on any atom is -0.494 e. The van der Waals surface area contributed by atoms with Gasteiger partial charge < -0.3 is 14.8 Å². The summed E-state index contributed by atoms with van der Waals surface area (Å²) < 4.78 is 12.2. The van der Waals surface area contributed by atoms with Crippen LogP contribution in [0.25, 0.3) is 5.69 Å². The second kappa shape index (κ2) is 8.44. The van der Waals surface area contributed by atoms with E-state index in [0.717, 1.165) is 44.0 Å². The van der Waals surface area contributed by atoms with Crippen LogP contribution in [0.4, 0.5) is 0 Å². The summed E-state index contributed by atoms with van der Waals surface area (Å²) in [6.07, 6.45) is 6.07. The Kier molecular flexibility index (Phi) is 6.24. The minimum atomic E-state index is 0.756. The summed E-state index contributed by atoms with van der Waals surface area (Å²) in [5.41, 5.74) is 2.19. The molecule has 1 aromatic carbocycles. The summed E-state index contributed by atoms with van der Waals surface area (Å²) in [7, 11) is 3.39. The predicted molar refractivity (Wildman–Crippen MR) is 83.2 cm³/mol. The number of ether oxygens (including phenoxy) is 2. The van der Waals surface area contributed by atoms with Crippen molar-refractivity contribution in [3.8, 4) is 11.4 Å². The van der Waals surface area contributed by atoms with Crippen molar-refractivity contribution >= 4 is 0 Å². The fourth-order valence-electron chi connectivity index (χ4n) is 2.16. The fraction of sp³-hybridized carbons (Fsp3) is 0.438. The number of benzene rings is 1. The van der Waals surface area contributed by atoms with Gasteiger partial charge in [-0.3, -0.25) is 0 Å². The zero-order chi connectivity index (χ0) is 14.9. The number of hydrogen-bond acceptors (Lipinski definition) is 4. The molecule has 0 aliphatic heterocycles. The van der Waals surface area contributed by atoms with Crippen molar-refractivity contribution in [3.05, 3.63) is 42.2 Å². The standard InChI is InChI=1S/C16H23N3O2/c1-20-11-10-17-9-5-6-14-12-18-19(13-14)15-7-3-4-8-16(15)21-2/h3-4,7-8,12-13,17H,5-6,9-11H2,1-2H3. The first kappa shape index (κ1) is 15.5. The quantitative estimate of drug-likeness (QED) is 0.718. The van der Waals surface area contributed by atoms with E-state index in [1.165, 1.54) is 5.56 Å². The maximum Gasteiger partial charge on any atom is 0.144 e. The van der Waals surface area contributed by atoms with Crippen molar-refractivity contribution in [1.29, 1.82) is 0 Å². The van der Waals surface area contributed by atoms with Gasteiger partial charge in [0, 0.05) is 19.9 Å². The molecule has 0 spiro atoms. The van der Waals surface area contributed by atoms with E-state index in [0.29, 0.717) is 0 Å². The average molecular weight is 289 g/mol. The Balaban J connectivity index is 1.87. The first-order valence-electron chi connectivity index (χ1n) is 7.21. The molecular weight excluding hydrogens is 266 g/mol. The monoisotopic (exact) mass is 289 g/mol. The molecule has 5 nitrogen and oxygen atoms in total. The summed E-state index contributed by atoms with van der Waals surface area (Å²) in [5, 5.41) is 7.76. The number of nitrogens with one attached hydrogen (secondary N) is 1. The van der Waals surface area contributed by atoms with Crippen molar-refractivity contribution in [3.63, 3.8) is 0 Å². The molecule has 5 heteroatoms. The lowest BCUT2D eigenvalue weighted by Crippen LogP contribution is -2.20. The lowest BCUT2D eigenvalue weighted by atomic mass is 10.2. The Labute approximate surface area is 125 Å².